The van der Waals surface area contributed by atoms with E-state index in [-0.39, 0.29) is 11.8 Å². The quantitative estimate of drug-likeness (QED) is 0.436. The van der Waals surface area contributed by atoms with Crippen LogP contribution >= 0.6 is 23.2 Å². The molecule has 174 valence electrons. The summed E-state index contributed by atoms with van der Waals surface area (Å²) in [5.74, 6) is 1.21. The van der Waals surface area contributed by atoms with Gasteiger partial charge in [-0.25, -0.2) is 0 Å². The van der Waals surface area contributed by atoms with Crippen LogP contribution in [0.2, 0.25) is 10.0 Å². The molecule has 0 atom stereocenters. The summed E-state index contributed by atoms with van der Waals surface area (Å²) in [6.45, 7) is 5.01. The van der Waals surface area contributed by atoms with Crippen LogP contribution < -0.4 is 5.32 Å². The number of halogens is 2. The second-order valence-corrected chi connectivity index (χ2v) is 9.41. The number of carbonyl (C=O) groups excluding carboxylic acids is 1. The number of piperidine rings is 1. The van der Waals surface area contributed by atoms with Gasteiger partial charge in [0.2, 0.25) is 17.6 Å². The predicted octanol–water partition coefficient (Wildman–Crippen LogP) is 5.31. The zero-order valence-corrected chi connectivity index (χ0v) is 20.2. The highest BCUT2D eigenvalue weighted by Gasteiger charge is 2.26. The van der Waals surface area contributed by atoms with Gasteiger partial charge in [-0.2, -0.15) is 4.98 Å². The van der Waals surface area contributed by atoms with Crippen LogP contribution in [0.3, 0.4) is 0 Å². The van der Waals surface area contributed by atoms with Crippen molar-refractivity contribution in [1.82, 2.24) is 20.4 Å². The summed E-state index contributed by atoms with van der Waals surface area (Å²) in [5.41, 5.74) is 3.28. The van der Waals surface area contributed by atoms with E-state index in [4.69, 9.17) is 27.7 Å². The molecular weight excluding hydrogens is 459 g/mol. The van der Waals surface area contributed by atoms with Gasteiger partial charge in [-0.15, -0.1) is 0 Å². The monoisotopic (exact) mass is 486 g/mol. The second kappa shape index (κ2) is 11.1. The van der Waals surface area contributed by atoms with E-state index in [0.717, 1.165) is 38.8 Å². The van der Waals surface area contributed by atoms with E-state index in [1.54, 1.807) is 18.2 Å². The van der Waals surface area contributed by atoms with Gasteiger partial charge in [0.1, 0.15) is 0 Å². The van der Waals surface area contributed by atoms with Crippen molar-refractivity contribution in [3.63, 3.8) is 0 Å². The Labute approximate surface area is 204 Å². The lowest BCUT2D eigenvalue weighted by Crippen LogP contribution is -2.40. The highest BCUT2D eigenvalue weighted by atomic mass is 35.5. The molecule has 1 aliphatic rings. The maximum atomic E-state index is 12.6. The van der Waals surface area contributed by atoms with Crippen molar-refractivity contribution in [2.75, 3.05) is 19.6 Å². The minimum atomic E-state index is 0.0614. The van der Waals surface area contributed by atoms with Crippen molar-refractivity contribution in [2.45, 2.75) is 39.2 Å². The minimum absolute atomic E-state index is 0.0614. The van der Waals surface area contributed by atoms with E-state index in [0.29, 0.717) is 40.4 Å². The molecule has 0 spiro atoms. The first-order chi connectivity index (χ1) is 16.0. The SMILES string of the molecule is Cc1cccc(CCCNC(=O)C2CCN(Cc3nc(-c4ccc(Cl)cc4Cl)no3)CC2)c1. The number of aromatic nitrogens is 2. The molecule has 0 aliphatic carbocycles. The fourth-order valence-corrected chi connectivity index (χ4v) is 4.65. The Balaban J connectivity index is 1.19. The smallest absolute Gasteiger partial charge is 0.241 e. The van der Waals surface area contributed by atoms with Crippen molar-refractivity contribution < 1.29 is 9.32 Å². The number of carbonyl (C=O) groups is 1. The van der Waals surface area contributed by atoms with Gasteiger partial charge >= 0.3 is 0 Å². The van der Waals surface area contributed by atoms with E-state index < -0.39 is 0 Å². The molecule has 1 aromatic heterocycles. The molecule has 3 aromatic rings. The average molecular weight is 487 g/mol. The van der Waals surface area contributed by atoms with E-state index in [1.807, 2.05) is 0 Å². The number of amides is 1. The summed E-state index contributed by atoms with van der Waals surface area (Å²) < 4.78 is 5.42. The molecule has 0 bridgehead atoms. The number of hydrogen-bond donors (Lipinski definition) is 1. The lowest BCUT2D eigenvalue weighted by Gasteiger charge is -2.30. The molecule has 1 aliphatic heterocycles. The number of aryl methyl sites for hydroxylation is 2. The molecule has 0 unspecified atom stereocenters. The highest BCUT2D eigenvalue weighted by Crippen LogP contribution is 2.28. The van der Waals surface area contributed by atoms with E-state index in [1.165, 1.54) is 11.1 Å². The fourth-order valence-electron chi connectivity index (χ4n) is 4.16. The normalized spacial score (nSPS) is 15.0. The van der Waals surface area contributed by atoms with Crippen molar-refractivity contribution in [2.24, 2.45) is 5.92 Å². The molecule has 1 fully saturated rings. The van der Waals surface area contributed by atoms with Crippen LogP contribution in [0.1, 0.15) is 36.3 Å². The summed E-state index contributed by atoms with van der Waals surface area (Å²) in [4.78, 5) is 19.3. The van der Waals surface area contributed by atoms with Gasteiger partial charge in [-0.05, 0) is 69.5 Å². The highest BCUT2D eigenvalue weighted by molar-refractivity contribution is 6.36. The number of benzene rings is 2. The first-order valence-electron chi connectivity index (χ1n) is 11.3. The summed E-state index contributed by atoms with van der Waals surface area (Å²) in [5, 5.41) is 8.21. The maximum Gasteiger partial charge on any atom is 0.241 e. The molecule has 2 aromatic carbocycles. The largest absolute Gasteiger partial charge is 0.356 e. The number of nitrogens with zero attached hydrogens (tertiary/aromatic N) is 3. The summed E-state index contributed by atoms with van der Waals surface area (Å²) in [6, 6.07) is 13.7. The summed E-state index contributed by atoms with van der Waals surface area (Å²) in [7, 11) is 0. The number of rotatable bonds is 8. The Kier molecular flexibility index (Phi) is 8.02. The lowest BCUT2D eigenvalue weighted by molar-refractivity contribution is -0.126. The first kappa shape index (κ1) is 23.7. The van der Waals surface area contributed by atoms with Crippen molar-refractivity contribution in [3.8, 4) is 11.4 Å². The molecule has 6 nitrogen and oxygen atoms in total. The molecule has 4 rings (SSSR count). The first-order valence-corrected chi connectivity index (χ1v) is 12.1. The van der Waals surface area contributed by atoms with Gasteiger partial charge in [0, 0.05) is 23.0 Å². The Morgan fingerprint density at radius 3 is 2.76 bits per heavy atom. The van der Waals surface area contributed by atoms with Crippen LogP contribution in [0, 0.1) is 12.8 Å². The average Bonchev–Trinajstić information content (AvgIpc) is 3.25. The third-order valence-corrected chi connectivity index (χ3v) is 6.53. The van der Waals surface area contributed by atoms with Crippen LogP contribution in [-0.4, -0.2) is 40.6 Å². The van der Waals surface area contributed by atoms with Gasteiger partial charge in [0.15, 0.2) is 0 Å². The van der Waals surface area contributed by atoms with Gasteiger partial charge in [-0.3, -0.25) is 9.69 Å². The Hall–Kier alpha value is -2.41. The van der Waals surface area contributed by atoms with Crippen LogP contribution in [0.4, 0.5) is 0 Å². The van der Waals surface area contributed by atoms with Crippen molar-refractivity contribution in [3.05, 3.63) is 69.5 Å². The molecule has 0 saturated carbocycles. The van der Waals surface area contributed by atoms with Crippen molar-refractivity contribution in [1.29, 1.82) is 0 Å². The van der Waals surface area contributed by atoms with Crippen LogP contribution in [0.25, 0.3) is 11.4 Å². The fraction of sp³-hybridized carbons (Fsp3) is 0.400. The van der Waals surface area contributed by atoms with E-state index in [2.05, 4.69) is 51.5 Å². The molecule has 2 heterocycles. The molecule has 33 heavy (non-hydrogen) atoms. The Bertz CT molecular complexity index is 1090. The number of hydrogen-bond acceptors (Lipinski definition) is 5. The van der Waals surface area contributed by atoms with Gasteiger partial charge in [0.25, 0.3) is 0 Å². The predicted molar refractivity (Wildman–Crippen MR) is 130 cm³/mol. The third-order valence-electron chi connectivity index (χ3n) is 5.98. The molecule has 1 saturated heterocycles. The van der Waals surface area contributed by atoms with Crippen LogP contribution in [-0.2, 0) is 17.8 Å². The van der Waals surface area contributed by atoms with Gasteiger partial charge < -0.3 is 9.84 Å². The standard InChI is InChI=1S/C25H28Cl2N4O2/c1-17-4-2-5-18(14-17)6-3-11-28-25(32)19-9-12-31(13-10-19)16-23-29-24(30-33-23)21-8-7-20(26)15-22(21)27/h2,4-5,7-8,14-15,19H,3,6,9-13,16H2,1H3,(H,28,32). The number of nitrogens with one attached hydrogen (secondary N) is 1. The Morgan fingerprint density at radius 1 is 1.18 bits per heavy atom. The Morgan fingerprint density at radius 2 is 2.00 bits per heavy atom. The molecular formula is C25H28Cl2N4O2. The van der Waals surface area contributed by atoms with Gasteiger partial charge in [0.05, 0.1) is 11.6 Å². The lowest BCUT2D eigenvalue weighted by atomic mass is 9.96. The maximum absolute atomic E-state index is 12.6. The molecule has 0 radical (unpaired) electrons. The van der Waals surface area contributed by atoms with Crippen LogP contribution in [0.15, 0.2) is 47.0 Å². The number of likely N-dealkylation sites (tertiary alicyclic amines) is 1. The topological polar surface area (TPSA) is 71.3 Å². The molecule has 8 heteroatoms. The zero-order valence-electron chi connectivity index (χ0n) is 18.7. The van der Waals surface area contributed by atoms with Gasteiger partial charge in [-0.1, -0.05) is 58.2 Å². The minimum Gasteiger partial charge on any atom is -0.356 e. The second-order valence-electron chi connectivity index (χ2n) is 8.57. The van der Waals surface area contributed by atoms with E-state index >= 15 is 0 Å². The van der Waals surface area contributed by atoms with Crippen LogP contribution in [0.5, 0.6) is 0 Å². The zero-order chi connectivity index (χ0) is 23.2. The summed E-state index contributed by atoms with van der Waals surface area (Å²) in [6.07, 6.45) is 3.58. The molecule has 1 amide bonds. The summed E-state index contributed by atoms with van der Waals surface area (Å²) >= 11 is 12.2. The third kappa shape index (κ3) is 6.56. The molecule has 1 N–H and O–H groups in total. The van der Waals surface area contributed by atoms with E-state index in [9.17, 15) is 4.79 Å². The van der Waals surface area contributed by atoms with Crippen molar-refractivity contribution >= 4 is 29.1 Å².